The maximum atomic E-state index is 11.5. The van der Waals surface area contributed by atoms with E-state index in [0.717, 1.165) is 10.9 Å². The molecule has 2 aromatic heterocycles. The summed E-state index contributed by atoms with van der Waals surface area (Å²) in [7, 11) is 2.92. The van der Waals surface area contributed by atoms with Crippen LogP contribution in [-0.2, 0) is 11.3 Å². The van der Waals surface area contributed by atoms with Crippen molar-refractivity contribution in [3.63, 3.8) is 0 Å². The van der Waals surface area contributed by atoms with Gasteiger partial charge < -0.3 is 19.6 Å². The zero-order chi connectivity index (χ0) is 16.4. The minimum absolute atomic E-state index is 0.319. The fourth-order valence-corrected chi connectivity index (χ4v) is 2.38. The summed E-state index contributed by atoms with van der Waals surface area (Å²) in [5.41, 5.74) is 8.25. The molecule has 0 unspecified atom stereocenters. The Bertz CT molecular complexity index is 853. The number of hydrogen-bond acceptors (Lipinski definition) is 6. The topological polar surface area (TPSA) is 87.6 Å². The molecule has 118 valence electrons. The van der Waals surface area contributed by atoms with Crippen molar-refractivity contribution >= 4 is 16.9 Å². The number of nitrogens with zero attached hydrogens (tertiary/aromatic N) is 1. The molecule has 0 aliphatic heterocycles. The van der Waals surface area contributed by atoms with E-state index in [-0.39, 0.29) is 0 Å². The number of pyridine rings is 1. The fourth-order valence-electron chi connectivity index (χ4n) is 2.38. The molecule has 0 aliphatic rings. The molecule has 0 saturated carbocycles. The molecule has 6 nitrogen and oxygen atoms in total. The standard InChI is InChI=1S/C17H16N2O4/c1-21-15-7-11(5-12-6-13(8-18)23-16(12)15)14-4-3-10(9-19-14)17(20)22-2/h3-7,9H,8,18H2,1-2H3. The van der Waals surface area contributed by atoms with Gasteiger partial charge in [-0.2, -0.15) is 0 Å². The van der Waals surface area contributed by atoms with Gasteiger partial charge in [-0.15, -0.1) is 0 Å². The third-order valence-corrected chi connectivity index (χ3v) is 3.53. The van der Waals surface area contributed by atoms with Crippen LogP contribution in [0.3, 0.4) is 0 Å². The third kappa shape index (κ3) is 2.76. The van der Waals surface area contributed by atoms with Gasteiger partial charge in [-0.3, -0.25) is 4.98 Å². The average Bonchev–Trinajstić information content (AvgIpc) is 3.03. The predicted molar refractivity (Wildman–Crippen MR) is 85.2 cm³/mol. The number of fused-ring (bicyclic) bond motifs is 1. The van der Waals surface area contributed by atoms with Gasteiger partial charge in [0.2, 0.25) is 0 Å². The third-order valence-electron chi connectivity index (χ3n) is 3.53. The summed E-state index contributed by atoms with van der Waals surface area (Å²) in [6, 6.07) is 9.10. The number of carbonyl (C=O) groups is 1. The molecule has 0 saturated heterocycles. The van der Waals surface area contributed by atoms with E-state index in [2.05, 4.69) is 9.72 Å². The van der Waals surface area contributed by atoms with Gasteiger partial charge in [0.05, 0.1) is 32.0 Å². The first-order valence-electron chi connectivity index (χ1n) is 7.01. The highest BCUT2D eigenvalue weighted by Crippen LogP contribution is 2.33. The molecule has 2 heterocycles. The Morgan fingerprint density at radius 3 is 2.70 bits per heavy atom. The number of furan rings is 1. The van der Waals surface area contributed by atoms with Crippen LogP contribution in [0.25, 0.3) is 22.2 Å². The number of esters is 1. The lowest BCUT2D eigenvalue weighted by Crippen LogP contribution is -2.01. The van der Waals surface area contributed by atoms with Crippen molar-refractivity contribution in [3.05, 3.63) is 47.9 Å². The lowest BCUT2D eigenvalue weighted by atomic mass is 10.1. The molecule has 0 radical (unpaired) electrons. The smallest absolute Gasteiger partial charge is 0.339 e. The molecule has 0 amide bonds. The lowest BCUT2D eigenvalue weighted by Gasteiger charge is -2.06. The molecule has 0 atom stereocenters. The summed E-state index contributed by atoms with van der Waals surface area (Å²) < 4.78 is 15.7. The van der Waals surface area contributed by atoms with Crippen molar-refractivity contribution in [1.29, 1.82) is 0 Å². The van der Waals surface area contributed by atoms with E-state index in [1.807, 2.05) is 18.2 Å². The summed E-state index contributed by atoms with van der Waals surface area (Å²) >= 11 is 0. The number of benzene rings is 1. The van der Waals surface area contributed by atoms with E-state index in [0.29, 0.717) is 34.9 Å². The summed E-state index contributed by atoms with van der Waals surface area (Å²) in [4.78, 5) is 15.8. The Morgan fingerprint density at radius 2 is 2.09 bits per heavy atom. The number of rotatable bonds is 4. The van der Waals surface area contributed by atoms with Gasteiger partial charge in [-0.05, 0) is 30.3 Å². The van der Waals surface area contributed by atoms with Crippen molar-refractivity contribution in [2.24, 2.45) is 5.73 Å². The molecule has 0 spiro atoms. The number of carbonyl (C=O) groups excluding carboxylic acids is 1. The van der Waals surface area contributed by atoms with Crippen molar-refractivity contribution in [3.8, 4) is 17.0 Å². The minimum Gasteiger partial charge on any atom is -0.493 e. The van der Waals surface area contributed by atoms with Gasteiger partial charge >= 0.3 is 5.97 Å². The van der Waals surface area contributed by atoms with Crippen LogP contribution in [0.4, 0.5) is 0 Å². The molecule has 6 heteroatoms. The Morgan fingerprint density at radius 1 is 1.26 bits per heavy atom. The van der Waals surface area contributed by atoms with Crippen molar-refractivity contribution < 1.29 is 18.7 Å². The molecule has 0 bridgehead atoms. The second-order valence-corrected chi connectivity index (χ2v) is 4.94. The van der Waals surface area contributed by atoms with Crippen LogP contribution in [0.15, 0.2) is 40.9 Å². The van der Waals surface area contributed by atoms with E-state index in [1.54, 1.807) is 19.2 Å². The van der Waals surface area contributed by atoms with Gasteiger partial charge in [-0.25, -0.2) is 4.79 Å². The van der Waals surface area contributed by atoms with Crippen LogP contribution in [-0.4, -0.2) is 25.2 Å². The molecule has 0 aliphatic carbocycles. The lowest BCUT2D eigenvalue weighted by molar-refractivity contribution is 0.0600. The quantitative estimate of drug-likeness (QED) is 0.745. The van der Waals surface area contributed by atoms with E-state index in [4.69, 9.17) is 14.9 Å². The maximum Gasteiger partial charge on any atom is 0.339 e. The SMILES string of the molecule is COC(=O)c1ccc(-c2cc(OC)c3oc(CN)cc3c2)nc1. The summed E-state index contributed by atoms with van der Waals surface area (Å²) in [5, 5.41) is 0.888. The fraction of sp³-hybridized carbons (Fsp3) is 0.176. The van der Waals surface area contributed by atoms with Gasteiger partial charge in [0.15, 0.2) is 11.3 Å². The van der Waals surface area contributed by atoms with E-state index in [9.17, 15) is 4.79 Å². The first-order chi connectivity index (χ1) is 11.2. The number of nitrogens with two attached hydrogens (primary N) is 1. The number of ether oxygens (including phenoxy) is 2. The van der Waals surface area contributed by atoms with Crippen molar-refractivity contribution in [2.45, 2.75) is 6.54 Å². The molecule has 2 N–H and O–H groups in total. The Hall–Kier alpha value is -2.86. The van der Waals surface area contributed by atoms with Crippen LogP contribution in [0, 0.1) is 0 Å². The number of methoxy groups -OCH3 is 2. The number of aromatic nitrogens is 1. The predicted octanol–water partition coefficient (Wildman–Crippen LogP) is 2.75. The van der Waals surface area contributed by atoms with Gasteiger partial charge in [-0.1, -0.05) is 0 Å². The van der Waals surface area contributed by atoms with E-state index >= 15 is 0 Å². The van der Waals surface area contributed by atoms with E-state index in [1.165, 1.54) is 13.3 Å². The zero-order valence-corrected chi connectivity index (χ0v) is 12.8. The Kier molecular flexibility index (Phi) is 3.99. The second kappa shape index (κ2) is 6.10. The van der Waals surface area contributed by atoms with Crippen molar-refractivity contribution in [1.82, 2.24) is 4.98 Å². The summed E-state index contributed by atoms with van der Waals surface area (Å²) in [6.07, 6.45) is 1.48. The van der Waals surface area contributed by atoms with Gasteiger partial charge in [0, 0.05) is 17.1 Å². The Balaban J connectivity index is 2.07. The Labute approximate surface area is 132 Å². The highest BCUT2D eigenvalue weighted by atomic mass is 16.5. The van der Waals surface area contributed by atoms with Crippen LogP contribution in [0.5, 0.6) is 5.75 Å². The second-order valence-electron chi connectivity index (χ2n) is 4.94. The molecule has 0 fully saturated rings. The molecule has 1 aromatic carbocycles. The number of hydrogen-bond donors (Lipinski definition) is 1. The zero-order valence-electron chi connectivity index (χ0n) is 12.8. The highest BCUT2D eigenvalue weighted by molar-refractivity contribution is 5.90. The van der Waals surface area contributed by atoms with Crippen LogP contribution < -0.4 is 10.5 Å². The average molecular weight is 312 g/mol. The molecule has 3 rings (SSSR count). The van der Waals surface area contributed by atoms with Crippen LogP contribution >= 0.6 is 0 Å². The van der Waals surface area contributed by atoms with E-state index < -0.39 is 5.97 Å². The first kappa shape index (κ1) is 15.1. The maximum absolute atomic E-state index is 11.5. The molecular weight excluding hydrogens is 296 g/mol. The molecule has 3 aromatic rings. The highest BCUT2D eigenvalue weighted by Gasteiger charge is 2.13. The monoisotopic (exact) mass is 312 g/mol. The first-order valence-corrected chi connectivity index (χ1v) is 7.01. The summed E-state index contributed by atoms with van der Waals surface area (Å²) in [5.74, 6) is 0.875. The largest absolute Gasteiger partial charge is 0.493 e. The summed E-state index contributed by atoms with van der Waals surface area (Å²) in [6.45, 7) is 0.319. The van der Waals surface area contributed by atoms with Crippen LogP contribution in [0.1, 0.15) is 16.1 Å². The normalized spacial score (nSPS) is 10.7. The minimum atomic E-state index is -0.417. The van der Waals surface area contributed by atoms with Gasteiger partial charge in [0.1, 0.15) is 5.76 Å². The van der Waals surface area contributed by atoms with Gasteiger partial charge in [0.25, 0.3) is 0 Å². The molecular formula is C17H16N2O4. The molecule has 23 heavy (non-hydrogen) atoms. The van der Waals surface area contributed by atoms with Crippen molar-refractivity contribution in [2.75, 3.05) is 14.2 Å². The van der Waals surface area contributed by atoms with Crippen LogP contribution in [0.2, 0.25) is 0 Å².